The van der Waals surface area contributed by atoms with Gasteiger partial charge in [0.2, 0.25) is 10.0 Å². The van der Waals surface area contributed by atoms with Crippen molar-refractivity contribution >= 4 is 10.0 Å². The molecule has 0 saturated heterocycles. The summed E-state index contributed by atoms with van der Waals surface area (Å²) >= 11 is 0. The van der Waals surface area contributed by atoms with Crippen molar-refractivity contribution < 1.29 is 13.2 Å². The van der Waals surface area contributed by atoms with Gasteiger partial charge in [-0.2, -0.15) is 0 Å². The lowest BCUT2D eigenvalue weighted by Gasteiger charge is -2.36. The van der Waals surface area contributed by atoms with Gasteiger partial charge in [-0.3, -0.25) is 0 Å². The van der Waals surface area contributed by atoms with E-state index in [2.05, 4.69) is 16.9 Å². The van der Waals surface area contributed by atoms with Gasteiger partial charge in [0.15, 0.2) is 0 Å². The van der Waals surface area contributed by atoms with Crippen LogP contribution in [0.3, 0.4) is 0 Å². The van der Waals surface area contributed by atoms with Crippen LogP contribution in [0, 0.1) is 5.92 Å². The summed E-state index contributed by atoms with van der Waals surface area (Å²) in [7, 11) is -3.11. The quantitative estimate of drug-likeness (QED) is 0.842. The van der Waals surface area contributed by atoms with E-state index in [4.69, 9.17) is 4.74 Å². The van der Waals surface area contributed by atoms with E-state index in [-0.39, 0.29) is 17.7 Å². The normalized spacial score (nSPS) is 25.4. The maximum absolute atomic E-state index is 11.6. The van der Waals surface area contributed by atoms with Gasteiger partial charge in [0.1, 0.15) is 5.75 Å². The highest BCUT2D eigenvalue weighted by Gasteiger charge is 2.34. The Morgan fingerprint density at radius 1 is 1.14 bits per heavy atom. The Labute approximate surface area is 126 Å². The lowest BCUT2D eigenvalue weighted by molar-refractivity contribution is 0.144. The van der Waals surface area contributed by atoms with Gasteiger partial charge >= 0.3 is 0 Å². The van der Waals surface area contributed by atoms with Gasteiger partial charge in [-0.15, -0.1) is 0 Å². The summed E-state index contributed by atoms with van der Waals surface area (Å²) in [5.74, 6) is 2.07. The zero-order valence-corrected chi connectivity index (χ0v) is 13.2. The monoisotopic (exact) mass is 309 g/mol. The molecule has 2 atom stereocenters. The average Bonchev–Trinajstić information content (AvgIpc) is 3.29. The molecule has 1 aromatic carbocycles. The van der Waals surface area contributed by atoms with Crippen molar-refractivity contribution in [3.05, 3.63) is 29.8 Å². The van der Waals surface area contributed by atoms with E-state index in [0.717, 1.165) is 24.5 Å². The van der Waals surface area contributed by atoms with Crippen LogP contribution in [0.2, 0.25) is 0 Å². The first-order chi connectivity index (χ1) is 10.1. The van der Waals surface area contributed by atoms with Gasteiger partial charge in [0, 0.05) is 12.0 Å². The minimum absolute atomic E-state index is 0.0423. The topological polar surface area (TPSA) is 55.4 Å². The molecule has 0 radical (unpaired) electrons. The van der Waals surface area contributed by atoms with Crippen molar-refractivity contribution in [3.63, 3.8) is 0 Å². The highest BCUT2D eigenvalue weighted by Crippen LogP contribution is 2.40. The molecule has 1 N–H and O–H groups in total. The van der Waals surface area contributed by atoms with Crippen LogP contribution in [0.1, 0.15) is 44.1 Å². The largest absolute Gasteiger partial charge is 0.493 e. The van der Waals surface area contributed by atoms with Gasteiger partial charge in [-0.05, 0) is 56.2 Å². The maximum atomic E-state index is 11.6. The van der Waals surface area contributed by atoms with E-state index < -0.39 is 10.0 Å². The second-order valence-corrected chi connectivity index (χ2v) is 8.16. The van der Waals surface area contributed by atoms with Crippen LogP contribution in [-0.4, -0.2) is 26.8 Å². The third-order valence-corrected chi connectivity index (χ3v) is 5.94. The molecule has 0 aliphatic heterocycles. The molecule has 21 heavy (non-hydrogen) atoms. The summed E-state index contributed by atoms with van der Waals surface area (Å²) in [4.78, 5) is 0. The molecule has 0 aromatic heterocycles. The predicted molar refractivity (Wildman–Crippen MR) is 83.0 cm³/mol. The molecule has 2 unspecified atom stereocenters. The van der Waals surface area contributed by atoms with Crippen molar-refractivity contribution in [2.75, 3.05) is 12.4 Å². The lowest BCUT2D eigenvalue weighted by atomic mass is 9.81. The van der Waals surface area contributed by atoms with Gasteiger partial charge in [-0.25, -0.2) is 13.1 Å². The predicted octanol–water partition coefficient (Wildman–Crippen LogP) is 2.66. The Kier molecular flexibility index (Phi) is 4.22. The lowest BCUT2D eigenvalue weighted by Crippen LogP contribution is -2.49. The molecule has 4 nitrogen and oxygen atoms in total. The van der Waals surface area contributed by atoms with E-state index >= 15 is 0 Å². The van der Waals surface area contributed by atoms with Crippen molar-refractivity contribution in [3.8, 4) is 5.75 Å². The fourth-order valence-corrected chi connectivity index (χ4v) is 3.63. The first-order valence-electron chi connectivity index (χ1n) is 7.80. The molecule has 0 bridgehead atoms. The van der Waals surface area contributed by atoms with Crippen molar-refractivity contribution in [2.45, 2.75) is 44.6 Å². The fraction of sp³-hybridized carbons (Fsp3) is 0.625. The molecule has 116 valence electrons. The SMILES string of the molecule is CCS(=O)(=O)NC1CCC1COc1ccc(C2CC2)cc1. The number of rotatable bonds is 7. The van der Waals surface area contributed by atoms with Crippen LogP contribution in [0.4, 0.5) is 0 Å². The smallest absolute Gasteiger partial charge is 0.211 e. The standard InChI is InChI=1S/C16H23NO3S/c1-2-21(18,19)17-16-10-7-14(16)11-20-15-8-5-13(6-9-15)12-3-4-12/h5-6,8-9,12,14,16-17H,2-4,7,10-11H2,1H3. The maximum Gasteiger partial charge on any atom is 0.211 e. The Morgan fingerprint density at radius 3 is 2.38 bits per heavy atom. The highest BCUT2D eigenvalue weighted by atomic mass is 32.2. The molecular weight excluding hydrogens is 286 g/mol. The first-order valence-corrected chi connectivity index (χ1v) is 9.45. The zero-order valence-electron chi connectivity index (χ0n) is 12.4. The van der Waals surface area contributed by atoms with Crippen molar-refractivity contribution in [1.82, 2.24) is 4.72 Å². The van der Waals surface area contributed by atoms with E-state index in [9.17, 15) is 8.42 Å². The fourth-order valence-electron chi connectivity index (χ4n) is 2.69. The number of sulfonamides is 1. The molecule has 5 heteroatoms. The van der Waals surface area contributed by atoms with Crippen LogP contribution in [0.25, 0.3) is 0 Å². The molecule has 2 aliphatic carbocycles. The highest BCUT2D eigenvalue weighted by molar-refractivity contribution is 7.89. The van der Waals surface area contributed by atoms with Crippen LogP contribution in [-0.2, 0) is 10.0 Å². The molecule has 2 saturated carbocycles. The summed E-state index contributed by atoms with van der Waals surface area (Å²) in [6.45, 7) is 2.24. The van der Waals surface area contributed by atoms with E-state index in [1.54, 1.807) is 6.92 Å². The average molecular weight is 309 g/mol. The minimum Gasteiger partial charge on any atom is -0.493 e. The Balaban J connectivity index is 1.48. The van der Waals surface area contributed by atoms with Crippen molar-refractivity contribution in [2.24, 2.45) is 5.92 Å². The number of hydrogen-bond acceptors (Lipinski definition) is 3. The zero-order chi connectivity index (χ0) is 14.9. The second kappa shape index (κ2) is 5.97. The van der Waals surface area contributed by atoms with E-state index in [1.165, 1.54) is 18.4 Å². The first kappa shape index (κ1) is 14.9. The van der Waals surface area contributed by atoms with E-state index in [1.807, 2.05) is 12.1 Å². The second-order valence-electron chi connectivity index (χ2n) is 6.12. The summed E-state index contributed by atoms with van der Waals surface area (Å²) in [6.07, 6.45) is 4.55. The van der Waals surface area contributed by atoms with Crippen LogP contribution in [0.15, 0.2) is 24.3 Å². The molecular formula is C16H23NO3S. The van der Waals surface area contributed by atoms with Gasteiger partial charge in [0.05, 0.1) is 12.4 Å². The molecule has 0 amide bonds. The Bertz CT molecular complexity index is 578. The summed E-state index contributed by atoms with van der Waals surface area (Å²) in [5, 5.41) is 0. The number of nitrogens with one attached hydrogen (secondary N) is 1. The minimum atomic E-state index is -3.11. The van der Waals surface area contributed by atoms with Crippen LogP contribution < -0.4 is 9.46 Å². The molecule has 0 heterocycles. The Morgan fingerprint density at radius 2 is 1.86 bits per heavy atom. The van der Waals surface area contributed by atoms with Gasteiger partial charge in [-0.1, -0.05) is 12.1 Å². The van der Waals surface area contributed by atoms with Crippen LogP contribution in [0.5, 0.6) is 5.75 Å². The molecule has 2 fully saturated rings. The van der Waals surface area contributed by atoms with E-state index in [0.29, 0.717) is 6.61 Å². The number of benzene rings is 1. The van der Waals surface area contributed by atoms with Crippen LogP contribution >= 0.6 is 0 Å². The summed E-state index contributed by atoms with van der Waals surface area (Å²) in [6, 6.07) is 8.38. The molecule has 2 aliphatic rings. The molecule has 3 rings (SSSR count). The number of ether oxygens (including phenoxy) is 1. The third-order valence-electron chi connectivity index (χ3n) is 4.52. The molecule has 0 spiro atoms. The molecule has 1 aromatic rings. The summed E-state index contributed by atoms with van der Waals surface area (Å²) < 4.78 is 31.7. The Hall–Kier alpha value is -1.07. The van der Waals surface area contributed by atoms with Crippen molar-refractivity contribution in [1.29, 1.82) is 0 Å². The van der Waals surface area contributed by atoms with Gasteiger partial charge < -0.3 is 4.74 Å². The third kappa shape index (κ3) is 3.77. The number of hydrogen-bond donors (Lipinski definition) is 1. The van der Waals surface area contributed by atoms with Gasteiger partial charge in [0.25, 0.3) is 0 Å². The summed E-state index contributed by atoms with van der Waals surface area (Å²) in [5.41, 5.74) is 1.40.